The minimum atomic E-state index is -0.453. The molecule has 0 aromatic carbocycles. The number of methoxy groups -OCH3 is 1. The molecule has 1 heterocycles. The summed E-state index contributed by atoms with van der Waals surface area (Å²) >= 11 is 0. The Morgan fingerprint density at radius 2 is 2.18 bits per heavy atom. The normalized spacial score (nSPS) is 31.4. The maximum Gasteiger partial charge on any atom is 0.411 e. The zero-order chi connectivity index (χ0) is 12.8. The van der Waals surface area contributed by atoms with Crippen LogP contribution in [0, 0.1) is 5.92 Å². The molecule has 4 heteroatoms. The molecule has 2 aliphatic rings. The lowest BCUT2D eigenvalue weighted by Crippen LogP contribution is -2.73. The number of ether oxygens (including phenoxy) is 2. The SMILES string of the molecule is C=C1CC2C(COC)N(C(=O)OC(C)(C)C)C12. The molecule has 4 nitrogen and oxygen atoms in total. The Morgan fingerprint density at radius 3 is 2.65 bits per heavy atom. The van der Waals surface area contributed by atoms with Crippen LogP contribution < -0.4 is 0 Å². The molecule has 1 aliphatic heterocycles. The smallest absolute Gasteiger partial charge is 0.411 e. The van der Waals surface area contributed by atoms with Crippen molar-refractivity contribution in [1.82, 2.24) is 4.90 Å². The molecule has 2 rings (SSSR count). The minimum Gasteiger partial charge on any atom is -0.444 e. The van der Waals surface area contributed by atoms with Crippen LogP contribution in [0.5, 0.6) is 0 Å². The van der Waals surface area contributed by atoms with Gasteiger partial charge >= 0.3 is 6.09 Å². The van der Waals surface area contributed by atoms with E-state index in [1.54, 1.807) is 12.0 Å². The molecule has 1 amide bonds. The van der Waals surface area contributed by atoms with Gasteiger partial charge in [-0.15, -0.1) is 0 Å². The van der Waals surface area contributed by atoms with E-state index in [0.29, 0.717) is 12.5 Å². The van der Waals surface area contributed by atoms with Crippen molar-refractivity contribution >= 4 is 6.09 Å². The Kier molecular flexibility index (Phi) is 2.94. The number of amides is 1. The molecule has 0 spiro atoms. The fraction of sp³-hybridized carbons (Fsp3) is 0.769. The molecule has 3 atom stereocenters. The molecule has 17 heavy (non-hydrogen) atoms. The van der Waals surface area contributed by atoms with Crippen molar-refractivity contribution in [2.45, 2.75) is 44.9 Å². The predicted octanol–water partition coefficient (Wildman–Crippen LogP) is 2.20. The van der Waals surface area contributed by atoms with Crippen LogP contribution in [0.1, 0.15) is 27.2 Å². The number of carbonyl (C=O) groups is 1. The van der Waals surface area contributed by atoms with Gasteiger partial charge in [0.2, 0.25) is 0 Å². The average molecular weight is 239 g/mol. The zero-order valence-corrected chi connectivity index (χ0v) is 11.0. The molecule has 0 aromatic heterocycles. The van der Waals surface area contributed by atoms with Crippen molar-refractivity contribution in [3.8, 4) is 0 Å². The summed E-state index contributed by atoms with van der Waals surface area (Å²) in [5.41, 5.74) is 0.679. The van der Waals surface area contributed by atoms with Crippen LogP contribution in [0.15, 0.2) is 12.2 Å². The van der Waals surface area contributed by atoms with Gasteiger partial charge in [-0.1, -0.05) is 12.2 Å². The third kappa shape index (κ3) is 2.06. The first-order chi connectivity index (χ1) is 7.85. The van der Waals surface area contributed by atoms with E-state index in [-0.39, 0.29) is 18.2 Å². The van der Waals surface area contributed by atoms with Gasteiger partial charge in [-0.3, -0.25) is 4.90 Å². The molecule has 0 N–H and O–H groups in total. The Hall–Kier alpha value is -1.03. The number of carbonyl (C=O) groups excluding carboxylic acids is 1. The van der Waals surface area contributed by atoms with Gasteiger partial charge in [0.25, 0.3) is 0 Å². The van der Waals surface area contributed by atoms with Crippen LogP contribution in [0.4, 0.5) is 4.79 Å². The Labute approximate surface area is 103 Å². The summed E-state index contributed by atoms with van der Waals surface area (Å²) in [6.07, 6.45) is 0.763. The highest BCUT2D eigenvalue weighted by Gasteiger charge is 2.58. The third-order valence-electron chi connectivity index (χ3n) is 3.41. The molecule has 0 aromatic rings. The van der Waals surface area contributed by atoms with Crippen molar-refractivity contribution in [3.05, 3.63) is 12.2 Å². The van der Waals surface area contributed by atoms with Crippen LogP contribution in [-0.4, -0.2) is 42.4 Å². The number of nitrogens with zero attached hydrogens (tertiary/aromatic N) is 1. The largest absolute Gasteiger partial charge is 0.444 e. The van der Waals surface area contributed by atoms with E-state index in [0.717, 1.165) is 12.0 Å². The summed E-state index contributed by atoms with van der Waals surface area (Å²) in [7, 11) is 1.66. The molecule has 1 saturated heterocycles. The number of likely N-dealkylation sites (tertiary alicyclic amines) is 1. The molecule has 0 bridgehead atoms. The van der Waals surface area contributed by atoms with Crippen LogP contribution in [0.25, 0.3) is 0 Å². The monoisotopic (exact) mass is 239 g/mol. The topological polar surface area (TPSA) is 38.8 Å². The van der Waals surface area contributed by atoms with E-state index < -0.39 is 5.60 Å². The van der Waals surface area contributed by atoms with Gasteiger partial charge in [0.15, 0.2) is 0 Å². The highest BCUT2D eigenvalue weighted by atomic mass is 16.6. The molecule has 2 fully saturated rings. The number of piperidine rings is 1. The molecular weight excluding hydrogens is 218 g/mol. The van der Waals surface area contributed by atoms with Gasteiger partial charge in [-0.05, 0) is 27.2 Å². The summed E-state index contributed by atoms with van der Waals surface area (Å²) in [5.74, 6) is 0.523. The number of hydrogen-bond acceptors (Lipinski definition) is 3. The van der Waals surface area contributed by atoms with Crippen molar-refractivity contribution in [3.63, 3.8) is 0 Å². The van der Waals surface area contributed by atoms with Gasteiger partial charge in [0.1, 0.15) is 5.60 Å². The van der Waals surface area contributed by atoms with Crippen molar-refractivity contribution in [2.75, 3.05) is 13.7 Å². The second-order valence-electron chi connectivity index (χ2n) is 5.88. The average Bonchev–Trinajstić information content (AvgIpc) is 2.16. The summed E-state index contributed by atoms with van der Waals surface area (Å²) in [6.45, 7) is 10.2. The first kappa shape index (κ1) is 12.4. The first-order valence-corrected chi connectivity index (χ1v) is 6.03. The zero-order valence-electron chi connectivity index (χ0n) is 11.0. The maximum absolute atomic E-state index is 12.1. The standard InChI is InChI=1S/C13H21NO3/c1-8-6-9-10(7-16-5)14(11(8)9)12(15)17-13(2,3)4/h9-11H,1,6-7H2,2-5H3. The van der Waals surface area contributed by atoms with Gasteiger partial charge in [-0.25, -0.2) is 4.79 Å². The summed E-state index contributed by atoms with van der Waals surface area (Å²) in [5, 5.41) is 0. The third-order valence-corrected chi connectivity index (χ3v) is 3.41. The summed E-state index contributed by atoms with van der Waals surface area (Å²) in [6, 6.07) is 0.343. The fourth-order valence-corrected chi connectivity index (χ4v) is 2.68. The van der Waals surface area contributed by atoms with Crippen molar-refractivity contribution in [2.24, 2.45) is 5.92 Å². The molecule has 1 aliphatic carbocycles. The van der Waals surface area contributed by atoms with Gasteiger partial charge < -0.3 is 9.47 Å². The summed E-state index contributed by atoms with van der Waals surface area (Å²) in [4.78, 5) is 13.9. The number of fused-ring (bicyclic) bond motifs is 1. The fourth-order valence-electron chi connectivity index (χ4n) is 2.68. The van der Waals surface area contributed by atoms with E-state index in [1.165, 1.54) is 0 Å². The second kappa shape index (κ2) is 4.02. The van der Waals surface area contributed by atoms with Crippen LogP contribution in [0.2, 0.25) is 0 Å². The first-order valence-electron chi connectivity index (χ1n) is 6.03. The lowest BCUT2D eigenvalue weighted by molar-refractivity contribution is -0.104. The molecule has 1 saturated carbocycles. The highest BCUT2D eigenvalue weighted by Crippen LogP contribution is 2.50. The van der Waals surface area contributed by atoms with Crippen LogP contribution in [-0.2, 0) is 9.47 Å². The van der Waals surface area contributed by atoms with Crippen LogP contribution >= 0.6 is 0 Å². The Morgan fingerprint density at radius 1 is 1.53 bits per heavy atom. The van der Waals surface area contributed by atoms with E-state index in [4.69, 9.17) is 9.47 Å². The minimum absolute atomic E-state index is 0.158. The van der Waals surface area contributed by atoms with E-state index in [2.05, 4.69) is 6.58 Å². The van der Waals surface area contributed by atoms with E-state index >= 15 is 0 Å². The van der Waals surface area contributed by atoms with E-state index in [1.807, 2.05) is 20.8 Å². The lowest BCUT2D eigenvalue weighted by Gasteiger charge is -2.62. The molecular formula is C13H21NO3. The molecule has 96 valence electrons. The quantitative estimate of drug-likeness (QED) is 0.693. The van der Waals surface area contributed by atoms with Crippen LogP contribution in [0.3, 0.4) is 0 Å². The Bertz CT molecular complexity index is 345. The van der Waals surface area contributed by atoms with E-state index in [9.17, 15) is 4.79 Å². The van der Waals surface area contributed by atoms with Crippen molar-refractivity contribution < 1.29 is 14.3 Å². The van der Waals surface area contributed by atoms with Gasteiger partial charge in [0, 0.05) is 13.0 Å². The lowest BCUT2D eigenvalue weighted by atomic mass is 9.63. The predicted molar refractivity (Wildman–Crippen MR) is 64.8 cm³/mol. The second-order valence-corrected chi connectivity index (χ2v) is 5.88. The maximum atomic E-state index is 12.1. The number of hydrogen-bond donors (Lipinski definition) is 0. The molecule has 0 radical (unpaired) electrons. The Balaban J connectivity index is 2.02. The molecule has 3 unspecified atom stereocenters. The van der Waals surface area contributed by atoms with Crippen molar-refractivity contribution in [1.29, 1.82) is 0 Å². The van der Waals surface area contributed by atoms with Gasteiger partial charge in [0.05, 0.1) is 18.7 Å². The van der Waals surface area contributed by atoms with Gasteiger partial charge in [-0.2, -0.15) is 0 Å². The number of rotatable bonds is 2. The highest BCUT2D eigenvalue weighted by molar-refractivity contribution is 5.72. The summed E-state index contributed by atoms with van der Waals surface area (Å²) < 4.78 is 10.6.